The molecule has 0 saturated carbocycles. The van der Waals surface area contributed by atoms with E-state index < -0.39 is 0 Å². The van der Waals surface area contributed by atoms with E-state index in [2.05, 4.69) is 41.5 Å². The molecular weight excluding hydrogens is 286 g/mol. The highest BCUT2D eigenvalue weighted by atomic mass is 35.5. The molecule has 0 N–H and O–H groups in total. The molecule has 1 unspecified atom stereocenters. The van der Waals surface area contributed by atoms with E-state index in [0.29, 0.717) is 11.9 Å². The predicted molar refractivity (Wildman–Crippen MR) is 86.0 cm³/mol. The van der Waals surface area contributed by atoms with Crippen molar-refractivity contribution in [2.24, 2.45) is 0 Å². The van der Waals surface area contributed by atoms with Crippen molar-refractivity contribution in [3.8, 4) is 0 Å². The molecule has 1 aliphatic rings. The first-order valence-corrected chi connectivity index (χ1v) is 8.06. The Balaban J connectivity index is 1.92. The summed E-state index contributed by atoms with van der Waals surface area (Å²) in [4.78, 5) is 7.18. The highest BCUT2D eigenvalue weighted by molar-refractivity contribution is 6.16. The Morgan fingerprint density at radius 3 is 2.81 bits per heavy atom. The van der Waals surface area contributed by atoms with Crippen molar-refractivity contribution in [3.63, 3.8) is 0 Å². The summed E-state index contributed by atoms with van der Waals surface area (Å²) < 4.78 is 7.72. The zero-order valence-electron chi connectivity index (χ0n) is 12.7. The van der Waals surface area contributed by atoms with Gasteiger partial charge in [0.25, 0.3) is 0 Å². The number of morpholine rings is 1. The van der Waals surface area contributed by atoms with E-state index in [1.165, 1.54) is 11.1 Å². The summed E-state index contributed by atoms with van der Waals surface area (Å²) in [6.07, 6.45) is 0. The summed E-state index contributed by atoms with van der Waals surface area (Å²) in [5, 5.41) is 0. The first-order valence-electron chi connectivity index (χ1n) is 7.53. The zero-order valence-corrected chi connectivity index (χ0v) is 13.4. The Morgan fingerprint density at radius 1 is 1.33 bits per heavy atom. The van der Waals surface area contributed by atoms with Crippen LogP contribution in [0.1, 0.15) is 24.4 Å². The summed E-state index contributed by atoms with van der Waals surface area (Å²) >= 11 is 6.13. The first-order chi connectivity index (χ1) is 10.2. The van der Waals surface area contributed by atoms with Crippen molar-refractivity contribution in [2.75, 3.05) is 32.8 Å². The number of ether oxygens (including phenoxy) is 1. The van der Waals surface area contributed by atoms with Crippen LogP contribution in [0.2, 0.25) is 0 Å². The molecule has 1 fully saturated rings. The molecule has 0 bridgehead atoms. The summed E-state index contributed by atoms with van der Waals surface area (Å²) in [6.45, 7) is 9.03. The van der Waals surface area contributed by atoms with Crippen LogP contribution >= 0.6 is 11.6 Å². The van der Waals surface area contributed by atoms with Crippen molar-refractivity contribution in [1.82, 2.24) is 14.5 Å². The molecule has 21 heavy (non-hydrogen) atoms. The second-order valence-corrected chi connectivity index (χ2v) is 6.00. The minimum Gasteiger partial charge on any atom is -0.379 e. The standard InChI is InChI=1S/C16H22ClN3O/c1-12-4-3-5-14-16(12)18-15(10-17)20(14)13(2)11-19-6-8-21-9-7-19/h3-5,13H,6-11H2,1-2H3. The van der Waals surface area contributed by atoms with Gasteiger partial charge in [-0.25, -0.2) is 4.98 Å². The van der Waals surface area contributed by atoms with Gasteiger partial charge in [-0.05, 0) is 25.5 Å². The van der Waals surface area contributed by atoms with Crippen molar-refractivity contribution < 1.29 is 4.74 Å². The van der Waals surface area contributed by atoms with Gasteiger partial charge in [0.05, 0.1) is 30.1 Å². The van der Waals surface area contributed by atoms with Crippen molar-refractivity contribution in [3.05, 3.63) is 29.6 Å². The van der Waals surface area contributed by atoms with Crippen LogP contribution in [0.3, 0.4) is 0 Å². The third-order valence-corrected chi connectivity index (χ3v) is 4.42. The lowest BCUT2D eigenvalue weighted by atomic mass is 10.2. The number of hydrogen-bond acceptors (Lipinski definition) is 3. The van der Waals surface area contributed by atoms with Crippen LogP contribution in [-0.2, 0) is 10.6 Å². The molecular formula is C16H22ClN3O. The monoisotopic (exact) mass is 307 g/mol. The maximum absolute atomic E-state index is 6.13. The number of imidazole rings is 1. The van der Waals surface area contributed by atoms with Crippen LogP contribution in [-0.4, -0.2) is 47.3 Å². The molecule has 1 saturated heterocycles. The highest BCUT2D eigenvalue weighted by Gasteiger charge is 2.19. The van der Waals surface area contributed by atoms with Gasteiger partial charge in [-0.2, -0.15) is 0 Å². The molecule has 1 aromatic heterocycles. The average Bonchev–Trinajstić information content (AvgIpc) is 2.88. The van der Waals surface area contributed by atoms with Crippen molar-refractivity contribution in [1.29, 1.82) is 0 Å². The molecule has 4 nitrogen and oxygen atoms in total. The van der Waals surface area contributed by atoms with Gasteiger partial charge in [0.15, 0.2) is 0 Å². The smallest absolute Gasteiger partial charge is 0.125 e. The Bertz CT molecular complexity index is 619. The minimum atomic E-state index is 0.351. The third kappa shape index (κ3) is 2.93. The number of aryl methyl sites for hydroxylation is 1. The van der Waals surface area contributed by atoms with Gasteiger partial charge >= 0.3 is 0 Å². The number of hydrogen-bond donors (Lipinski definition) is 0. The molecule has 0 amide bonds. The quantitative estimate of drug-likeness (QED) is 0.814. The number of rotatable bonds is 4. The van der Waals surface area contributed by atoms with Crippen LogP contribution in [0.15, 0.2) is 18.2 Å². The molecule has 1 atom stereocenters. The number of aromatic nitrogens is 2. The van der Waals surface area contributed by atoms with Crippen LogP contribution in [0.5, 0.6) is 0 Å². The number of para-hydroxylation sites is 1. The third-order valence-electron chi connectivity index (χ3n) is 4.18. The second kappa shape index (κ2) is 6.34. The van der Waals surface area contributed by atoms with E-state index >= 15 is 0 Å². The Labute approximate surface area is 130 Å². The number of halogens is 1. The lowest BCUT2D eigenvalue weighted by Crippen LogP contribution is -2.39. The van der Waals surface area contributed by atoms with E-state index in [4.69, 9.17) is 21.3 Å². The molecule has 5 heteroatoms. The largest absolute Gasteiger partial charge is 0.379 e. The molecule has 0 radical (unpaired) electrons. The summed E-state index contributed by atoms with van der Waals surface area (Å²) in [5.41, 5.74) is 3.46. The van der Waals surface area contributed by atoms with E-state index in [1.54, 1.807) is 0 Å². The van der Waals surface area contributed by atoms with Gasteiger partial charge in [-0.3, -0.25) is 4.90 Å². The van der Waals surface area contributed by atoms with Gasteiger partial charge in [-0.1, -0.05) is 12.1 Å². The van der Waals surface area contributed by atoms with Gasteiger partial charge < -0.3 is 9.30 Å². The van der Waals surface area contributed by atoms with Gasteiger partial charge in [0, 0.05) is 25.7 Å². The van der Waals surface area contributed by atoms with Crippen molar-refractivity contribution in [2.45, 2.75) is 25.8 Å². The van der Waals surface area contributed by atoms with E-state index in [-0.39, 0.29) is 0 Å². The zero-order chi connectivity index (χ0) is 14.8. The molecule has 2 aromatic rings. The maximum atomic E-state index is 6.13. The topological polar surface area (TPSA) is 30.3 Å². The van der Waals surface area contributed by atoms with Crippen LogP contribution in [0.4, 0.5) is 0 Å². The molecule has 1 aromatic carbocycles. The number of benzene rings is 1. The predicted octanol–water partition coefficient (Wildman–Crippen LogP) is 2.98. The van der Waals surface area contributed by atoms with E-state index in [1.807, 2.05) is 0 Å². The summed E-state index contributed by atoms with van der Waals surface area (Å²) in [7, 11) is 0. The van der Waals surface area contributed by atoms with Gasteiger partial charge in [0.2, 0.25) is 0 Å². The van der Waals surface area contributed by atoms with Crippen LogP contribution < -0.4 is 0 Å². The van der Waals surface area contributed by atoms with Crippen LogP contribution in [0, 0.1) is 6.92 Å². The molecule has 0 spiro atoms. The fourth-order valence-corrected chi connectivity index (χ4v) is 3.32. The lowest BCUT2D eigenvalue weighted by molar-refractivity contribution is 0.0326. The summed E-state index contributed by atoms with van der Waals surface area (Å²) in [5.74, 6) is 1.41. The van der Waals surface area contributed by atoms with Gasteiger partial charge in [0.1, 0.15) is 5.82 Å². The fourth-order valence-electron chi connectivity index (χ4n) is 3.13. The highest BCUT2D eigenvalue weighted by Crippen LogP contribution is 2.25. The van der Waals surface area contributed by atoms with Gasteiger partial charge in [-0.15, -0.1) is 11.6 Å². The maximum Gasteiger partial charge on any atom is 0.125 e. The average molecular weight is 308 g/mol. The van der Waals surface area contributed by atoms with Crippen molar-refractivity contribution >= 4 is 22.6 Å². The number of alkyl halides is 1. The number of nitrogens with zero attached hydrogens (tertiary/aromatic N) is 3. The molecule has 3 rings (SSSR count). The normalized spacial score (nSPS) is 18.2. The summed E-state index contributed by atoms with van der Waals surface area (Å²) in [6, 6.07) is 6.68. The molecule has 114 valence electrons. The lowest BCUT2D eigenvalue weighted by Gasteiger charge is -2.30. The SMILES string of the molecule is Cc1cccc2c1nc(CCl)n2C(C)CN1CCOCC1. The first kappa shape index (κ1) is 14.8. The molecule has 0 aliphatic carbocycles. The fraction of sp³-hybridized carbons (Fsp3) is 0.562. The van der Waals surface area contributed by atoms with Crippen LogP contribution in [0.25, 0.3) is 11.0 Å². The second-order valence-electron chi connectivity index (χ2n) is 5.74. The minimum absolute atomic E-state index is 0.351. The van der Waals surface area contributed by atoms with E-state index in [9.17, 15) is 0 Å². The molecule has 2 heterocycles. The Kier molecular flexibility index (Phi) is 4.48. The van der Waals surface area contributed by atoms with E-state index in [0.717, 1.165) is 44.2 Å². The Morgan fingerprint density at radius 2 is 2.10 bits per heavy atom. The number of fused-ring (bicyclic) bond motifs is 1. The molecule has 1 aliphatic heterocycles. The Hall–Kier alpha value is -1.10.